The van der Waals surface area contributed by atoms with E-state index < -0.39 is 0 Å². The van der Waals surface area contributed by atoms with Crippen molar-refractivity contribution in [3.8, 4) is 11.3 Å². The third-order valence-electron chi connectivity index (χ3n) is 6.01. The van der Waals surface area contributed by atoms with Gasteiger partial charge >= 0.3 is 0 Å². The highest BCUT2D eigenvalue weighted by Crippen LogP contribution is 2.32. The average Bonchev–Trinajstić information content (AvgIpc) is 2.82. The molecule has 5 rings (SSSR count). The highest BCUT2D eigenvalue weighted by atomic mass is 16.3. The number of fused-ring (bicyclic) bond motifs is 2. The number of aryl methyl sites for hydroxylation is 1. The molecule has 0 bridgehead atoms. The Hall–Kier alpha value is -3.99. The summed E-state index contributed by atoms with van der Waals surface area (Å²) in [6.45, 7) is 5.80. The zero-order valence-electron chi connectivity index (χ0n) is 18.1. The predicted octanol–water partition coefficient (Wildman–Crippen LogP) is 5.40. The molecule has 0 aliphatic carbocycles. The van der Waals surface area contributed by atoms with Gasteiger partial charge in [0.25, 0.3) is 5.56 Å². The maximum atomic E-state index is 13.3. The van der Waals surface area contributed by atoms with E-state index in [0.29, 0.717) is 27.7 Å². The highest BCUT2D eigenvalue weighted by molar-refractivity contribution is 5.85. The second-order valence-corrected chi connectivity index (χ2v) is 8.13. The summed E-state index contributed by atoms with van der Waals surface area (Å²) < 4.78 is 8.38. The molecule has 0 saturated carbocycles. The average molecular weight is 422 g/mol. The lowest BCUT2D eigenvalue weighted by atomic mass is 9.98. The summed E-state index contributed by atoms with van der Waals surface area (Å²) in [4.78, 5) is 29.6. The minimum atomic E-state index is -0.258. The van der Waals surface area contributed by atoms with Crippen molar-refractivity contribution in [1.82, 2.24) is 9.55 Å². The van der Waals surface area contributed by atoms with Gasteiger partial charge in [0.15, 0.2) is 5.43 Å². The molecule has 5 aromatic rings. The lowest BCUT2D eigenvalue weighted by Gasteiger charge is -2.20. The van der Waals surface area contributed by atoms with E-state index in [1.165, 1.54) is 0 Å². The monoisotopic (exact) mass is 422 g/mol. The van der Waals surface area contributed by atoms with E-state index in [2.05, 4.69) is 4.98 Å². The molecule has 2 aromatic heterocycles. The van der Waals surface area contributed by atoms with Crippen LogP contribution in [-0.4, -0.2) is 9.55 Å². The third kappa shape index (κ3) is 3.14. The molecule has 0 N–H and O–H groups in total. The molecule has 32 heavy (non-hydrogen) atoms. The van der Waals surface area contributed by atoms with Gasteiger partial charge in [-0.1, -0.05) is 48.5 Å². The Bertz CT molecular complexity index is 1600. The molecule has 0 aliphatic heterocycles. The second-order valence-electron chi connectivity index (χ2n) is 8.13. The SMILES string of the molecule is Cc1cc(C(C)n2cnc(=O)c3ccccc32)c2oc(-c3ccccc3)c(C)c(=O)c2c1. The van der Waals surface area contributed by atoms with E-state index in [-0.39, 0.29) is 17.0 Å². The fourth-order valence-corrected chi connectivity index (χ4v) is 4.33. The maximum Gasteiger partial charge on any atom is 0.280 e. The van der Waals surface area contributed by atoms with Gasteiger partial charge in [0.2, 0.25) is 0 Å². The summed E-state index contributed by atoms with van der Waals surface area (Å²) in [6, 6.07) is 20.8. The summed E-state index contributed by atoms with van der Waals surface area (Å²) in [5.41, 5.74) is 4.33. The fraction of sp³-hybridized carbons (Fsp3) is 0.148. The van der Waals surface area contributed by atoms with Crippen LogP contribution in [0, 0.1) is 13.8 Å². The van der Waals surface area contributed by atoms with Gasteiger partial charge in [0, 0.05) is 16.7 Å². The van der Waals surface area contributed by atoms with Crippen molar-refractivity contribution >= 4 is 21.9 Å². The van der Waals surface area contributed by atoms with Crippen LogP contribution in [0.15, 0.2) is 87.1 Å². The Morgan fingerprint density at radius 2 is 1.62 bits per heavy atom. The van der Waals surface area contributed by atoms with E-state index in [9.17, 15) is 9.59 Å². The van der Waals surface area contributed by atoms with Gasteiger partial charge in [0.05, 0.1) is 28.7 Å². The summed E-state index contributed by atoms with van der Waals surface area (Å²) in [6.07, 6.45) is 1.56. The Labute approximate surface area is 184 Å². The van der Waals surface area contributed by atoms with Crippen molar-refractivity contribution in [3.63, 3.8) is 0 Å². The van der Waals surface area contributed by atoms with Crippen LogP contribution in [0.2, 0.25) is 0 Å². The van der Waals surface area contributed by atoms with Gasteiger partial charge in [-0.25, -0.2) is 0 Å². The number of benzene rings is 3. The predicted molar refractivity (Wildman–Crippen MR) is 127 cm³/mol. The Morgan fingerprint density at radius 3 is 2.41 bits per heavy atom. The van der Waals surface area contributed by atoms with Gasteiger partial charge in [-0.2, -0.15) is 4.98 Å². The molecule has 5 heteroatoms. The number of aromatic nitrogens is 2. The van der Waals surface area contributed by atoms with Crippen molar-refractivity contribution in [2.45, 2.75) is 26.8 Å². The molecular weight excluding hydrogens is 400 g/mol. The maximum absolute atomic E-state index is 13.3. The summed E-state index contributed by atoms with van der Waals surface area (Å²) in [7, 11) is 0. The van der Waals surface area contributed by atoms with Gasteiger partial charge < -0.3 is 8.98 Å². The number of hydrogen-bond donors (Lipinski definition) is 0. The van der Waals surface area contributed by atoms with Crippen LogP contribution in [-0.2, 0) is 0 Å². The standard InChI is InChI=1S/C27H22N2O3/c1-16-13-21(18(3)29-15-28-27(31)20-11-7-8-12-23(20)29)26-22(14-16)24(30)17(2)25(32-26)19-9-5-4-6-10-19/h4-15,18H,1-3H3. The zero-order chi connectivity index (χ0) is 22.4. The lowest BCUT2D eigenvalue weighted by molar-refractivity contribution is 0.586. The van der Waals surface area contributed by atoms with Crippen molar-refractivity contribution in [3.05, 3.63) is 110 Å². The first-order valence-electron chi connectivity index (χ1n) is 10.5. The first kappa shape index (κ1) is 19.9. The molecule has 5 nitrogen and oxygen atoms in total. The summed E-state index contributed by atoms with van der Waals surface area (Å²) in [5.74, 6) is 0.572. The van der Waals surface area contributed by atoms with Crippen LogP contribution >= 0.6 is 0 Å². The molecule has 0 amide bonds. The topological polar surface area (TPSA) is 65.1 Å². The molecular formula is C27H22N2O3. The van der Waals surface area contributed by atoms with Crippen LogP contribution in [0.3, 0.4) is 0 Å². The molecule has 1 unspecified atom stereocenters. The summed E-state index contributed by atoms with van der Waals surface area (Å²) >= 11 is 0. The molecule has 0 aliphatic rings. The Kier molecular flexibility index (Phi) is 4.74. The van der Waals surface area contributed by atoms with Crippen LogP contribution in [0.25, 0.3) is 33.2 Å². The molecule has 0 spiro atoms. The smallest absolute Gasteiger partial charge is 0.280 e. The largest absolute Gasteiger partial charge is 0.455 e. The quantitative estimate of drug-likeness (QED) is 0.391. The van der Waals surface area contributed by atoms with E-state index in [4.69, 9.17) is 4.42 Å². The van der Waals surface area contributed by atoms with Crippen molar-refractivity contribution in [2.24, 2.45) is 0 Å². The molecule has 0 fully saturated rings. The van der Waals surface area contributed by atoms with Crippen molar-refractivity contribution in [1.29, 1.82) is 0 Å². The zero-order valence-corrected chi connectivity index (χ0v) is 18.1. The van der Waals surface area contributed by atoms with Gasteiger partial charge in [-0.15, -0.1) is 0 Å². The fourth-order valence-electron chi connectivity index (χ4n) is 4.33. The van der Waals surface area contributed by atoms with E-state index in [1.807, 2.05) is 79.1 Å². The molecule has 1 atom stereocenters. The van der Waals surface area contributed by atoms with Crippen LogP contribution in [0.4, 0.5) is 0 Å². The molecule has 0 radical (unpaired) electrons. The first-order valence-corrected chi connectivity index (χ1v) is 10.5. The second kappa shape index (κ2) is 7.61. The number of nitrogens with zero attached hydrogens (tertiary/aromatic N) is 2. The normalized spacial score (nSPS) is 12.3. The molecule has 3 aromatic carbocycles. The Morgan fingerprint density at radius 1 is 0.906 bits per heavy atom. The Balaban J connectivity index is 1.82. The van der Waals surface area contributed by atoms with E-state index in [0.717, 1.165) is 22.2 Å². The first-order chi connectivity index (χ1) is 15.5. The number of hydrogen-bond acceptors (Lipinski definition) is 4. The van der Waals surface area contributed by atoms with E-state index >= 15 is 0 Å². The van der Waals surface area contributed by atoms with E-state index in [1.54, 1.807) is 19.3 Å². The summed E-state index contributed by atoms with van der Waals surface area (Å²) in [5, 5.41) is 1.11. The van der Waals surface area contributed by atoms with Crippen molar-refractivity contribution < 1.29 is 4.42 Å². The van der Waals surface area contributed by atoms with Gasteiger partial charge in [-0.3, -0.25) is 9.59 Å². The molecule has 158 valence electrons. The molecule has 0 saturated heterocycles. The van der Waals surface area contributed by atoms with Crippen LogP contribution in [0.1, 0.15) is 29.7 Å². The van der Waals surface area contributed by atoms with Crippen LogP contribution in [0.5, 0.6) is 0 Å². The minimum absolute atomic E-state index is 0.0369. The third-order valence-corrected chi connectivity index (χ3v) is 6.01. The van der Waals surface area contributed by atoms with Crippen LogP contribution < -0.4 is 11.0 Å². The number of para-hydroxylation sites is 1. The minimum Gasteiger partial charge on any atom is -0.455 e. The number of rotatable bonds is 3. The van der Waals surface area contributed by atoms with Gasteiger partial charge in [-0.05, 0) is 44.5 Å². The molecule has 2 heterocycles. The van der Waals surface area contributed by atoms with Gasteiger partial charge in [0.1, 0.15) is 11.3 Å². The van der Waals surface area contributed by atoms with Crippen molar-refractivity contribution in [2.75, 3.05) is 0 Å². The lowest BCUT2D eigenvalue weighted by Crippen LogP contribution is -2.17. The highest BCUT2D eigenvalue weighted by Gasteiger charge is 2.20.